The Morgan fingerprint density at radius 1 is 0.861 bits per heavy atom. The number of pyridine rings is 1. The Bertz CT molecular complexity index is 1350. The fraction of sp³-hybridized carbons (Fsp3) is 0.207. The zero-order chi connectivity index (χ0) is 25.3. The summed E-state index contributed by atoms with van der Waals surface area (Å²) in [6.07, 6.45) is 1.66. The summed E-state index contributed by atoms with van der Waals surface area (Å²) < 4.78 is 16.1. The van der Waals surface area contributed by atoms with Gasteiger partial charge in [-0.2, -0.15) is 0 Å². The molecule has 3 aromatic carbocycles. The number of rotatable bonds is 10. The van der Waals surface area contributed by atoms with Crippen LogP contribution in [0.1, 0.15) is 22.3 Å². The molecule has 1 aromatic heterocycles. The molecule has 0 aliphatic rings. The summed E-state index contributed by atoms with van der Waals surface area (Å²) in [5, 5.41) is 3.45. The van der Waals surface area contributed by atoms with Crippen LogP contribution in [0.2, 0.25) is 0 Å². The van der Waals surface area contributed by atoms with Crippen LogP contribution in [0, 0.1) is 0 Å². The van der Waals surface area contributed by atoms with E-state index in [9.17, 15) is 9.59 Å². The third kappa shape index (κ3) is 5.99. The van der Waals surface area contributed by atoms with E-state index in [2.05, 4.69) is 17.4 Å². The molecule has 0 bridgehead atoms. The van der Waals surface area contributed by atoms with E-state index < -0.39 is 5.97 Å². The van der Waals surface area contributed by atoms with E-state index in [-0.39, 0.29) is 12.5 Å². The minimum atomic E-state index is -0.588. The fourth-order valence-electron chi connectivity index (χ4n) is 3.91. The maximum atomic E-state index is 13.0. The predicted molar refractivity (Wildman–Crippen MR) is 138 cm³/mol. The van der Waals surface area contributed by atoms with Gasteiger partial charge in [0.15, 0.2) is 18.1 Å². The van der Waals surface area contributed by atoms with Crippen molar-refractivity contribution in [3.05, 3.63) is 90.0 Å². The lowest BCUT2D eigenvalue weighted by molar-refractivity contribution is -0.124. The largest absolute Gasteiger partial charge is 0.493 e. The van der Waals surface area contributed by atoms with Crippen molar-refractivity contribution >= 4 is 22.8 Å². The summed E-state index contributed by atoms with van der Waals surface area (Å²) in [5.41, 5.74) is 3.52. The maximum Gasteiger partial charge on any atom is 0.339 e. The van der Waals surface area contributed by atoms with Gasteiger partial charge in [-0.25, -0.2) is 9.78 Å². The van der Waals surface area contributed by atoms with Crippen LogP contribution < -0.4 is 14.8 Å². The minimum absolute atomic E-state index is 0.335. The molecule has 4 aromatic rings. The minimum Gasteiger partial charge on any atom is -0.493 e. The summed E-state index contributed by atoms with van der Waals surface area (Å²) in [6.45, 7) is 0.152. The molecule has 0 fully saturated rings. The molecule has 0 unspecified atom stereocenters. The van der Waals surface area contributed by atoms with Gasteiger partial charge in [0, 0.05) is 17.5 Å². The average Bonchev–Trinajstić information content (AvgIpc) is 2.93. The number of amides is 1. The highest BCUT2D eigenvalue weighted by Crippen LogP contribution is 2.33. The first-order valence-electron chi connectivity index (χ1n) is 11.7. The van der Waals surface area contributed by atoms with Gasteiger partial charge in [0.2, 0.25) is 0 Å². The third-order valence-corrected chi connectivity index (χ3v) is 5.76. The van der Waals surface area contributed by atoms with Gasteiger partial charge in [-0.1, -0.05) is 48.5 Å². The van der Waals surface area contributed by atoms with E-state index in [4.69, 9.17) is 19.2 Å². The molecule has 1 N–H and O–H groups in total. The summed E-state index contributed by atoms with van der Waals surface area (Å²) in [6, 6.07) is 24.5. The van der Waals surface area contributed by atoms with Crippen molar-refractivity contribution in [1.82, 2.24) is 10.3 Å². The second-order valence-electron chi connectivity index (χ2n) is 8.16. The topological polar surface area (TPSA) is 86.8 Å². The Labute approximate surface area is 210 Å². The second-order valence-corrected chi connectivity index (χ2v) is 8.16. The Hall–Kier alpha value is -4.39. The molecule has 1 heterocycles. The third-order valence-electron chi connectivity index (χ3n) is 5.76. The lowest BCUT2D eigenvalue weighted by Crippen LogP contribution is -2.29. The molecule has 1 amide bonds. The van der Waals surface area contributed by atoms with Crippen LogP contribution in [-0.4, -0.2) is 44.2 Å². The first-order valence-corrected chi connectivity index (χ1v) is 11.7. The molecule has 0 aliphatic carbocycles. The zero-order valence-electron chi connectivity index (χ0n) is 20.3. The average molecular weight is 485 g/mol. The van der Waals surface area contributed by atoms with E-state index in [0.29, 0.717) is 40.2 Å². The van der Waals surface area contributed by atoms with Gasteiger partial charge in [0.05, 0.1) is 31.0 Å². The van der Waals surface area contributed by atoms with Crippen LogP contribution in [0.4, 0.5) is 0 Å². The molecule has 7 heteroatoms. The molecule has 7 nitrogen and oxygen atoms in total. The summed E-state index contributed by atoms with van der Waals surface area (Å²) in [4.78, 5) is 30.0. The van der Waals surface area contributed by atoms with E-state index in [1.807, 2.05) is 42.5 Å². The molecule has 0 spiro atoms. The summed E-state index contributed by atoms with van der Waals surface area (Å²) in [5.74, 6) is 0.221. The molecule has 4 rings (SSSR count). The number of carbonyl (C=O) groups is 2. The number of methoxy groups -OCH3 is 2. The highest BCUT2D eigenvalue weighted by Gasteiger charge is 2.17. The Kier molecular flexibility index (Phi) is 8.13. The molecule has 0 radical (unpaired) electrons. The van der Waals surface area contributed by atoms with Crippen molar-refractivity contribution in [3.63, 3.8) is 0 Å². The number of carbonyl (C=O) groups excluding carboxylic acids is 2. The van der Waals surface area contributed by atoms with E-state index in [1.165, 1.54) is 5.56 Å². The van der Waals surface area contributed by atoms with Gasteiger partial charge in [-0.15, -0.1) is 0 Å². The number of ether oxygens (including phenoxy) is 3. The Morgan fingerprint density at radius 2 is 1.61 bits per heavy atom. The van der Waals surface area contributed by atoms with Crippen LogP contribution in [-0.2, 0) is 16.0 Å². The Balaban J connectivity index is 1.44. The molecule has 184 valence electrons. The van der Waals surface area contributed by atoms with E-state index >= 15 is 0 Å². The number of para-hydroxylation sites is 1. The SMILES string of the molecule is COc1ccc(-c2cc(C(=O)OCC(=O)NCCCc3ccccc3)c3ccccc3n2)cc1OC. The van der Waals surface area contributed by atoms with Crippen molar-refractivity contribution in [3.8, 4) is 22.8 Å². The maximum absolute atomic E-state index is 13.0. The standard InChI is InChI=1S/C29H28N2O5/c1-34-26-15-14-21(17-27(26)35-2)25-18-23(22-12-6-7-13-24(22)31-25)29(33)36-19-28(32)30-16-8-11-20-9-4-3-5-10-20/h3-7,9-10,12-15,17-18H,8,11,16,19H2,1-2H3,(H,30,32). The first kappa shape index (κ1) is 24.7. The quantitative estimate of drug-likeness (QED) is 0.256. The van der Waals surface area contributed by atoms with Crippen LogP contribution in [0.3, 0.4) is 0 Å². The van der Waals surface area contributed by atoms with Crippen molar-refractivity contribution in [1.29, 1.82) is 0 Å². The van der Waals surface area contributed by atoms with Crippen LogP contribution in [0.5, 0.6) is 11.5 Å². The number of nitrogens with zero attached hydrogens (tertiary/aromatic N) is 1. The van der Waals surface area contributed by atoms with Crippen LogP contribution in [0.25, 0.3) is 22.2 Å². The normalized spacial score (nSPS) is 10.6. The van der Waals surface area contributed by atoms with Crippen molar-refractivity contribution in [2.45, 2.75) is 12.8 Å². The smallest absolute Gasteiger partial charge is 0.339 e. The Morgan fingerprint density at radius 3 is 2.39 bits per heavy atom. The number of nitrogens with one attached hydrogen (secondary N) is 1. The highest BCUT2D eigenvalue weighted by atomic mass is 16.5. The van der Waals surface area contributed by atoms with Crippen molar-refractivity contribution in [2.24, 2.45) is 0 Å². The molecule has 0 saturated heterocycles. The first-order chi connectivity index (χ1) is 17.6. The summed E-state index contributed by atoms with van der Waals surface area (Å²) >= 11 is 0. The lowest BCUT2D eigenvalue weighted by Gasteiger charge is -2.12. The number of hydrogen-bond acceptors (Lipinski definition) is 6. The molecular weight excluding hydrogens is 456 g/mol. The number of benzene rings is 3. The van der Waals surface area contributed by atoms with Gasteiger partial charge in [-0.3, -0.25) is 4.79 Å². The van der Waals surface area contributed by atoms with Gasteiger partial charge < -0.3 is 19.5 Å². The molecular formula is C29H28N2O5. The number of aromatic nitrogens is 1. The second kappa shape index (κ2) is 11.8. The van der Waals surface area contributed by atoms with Gasteiger partial charge in [-0.05, 0) is 48.7 Å². The molecule has 0 saturated carbocycles. The number of esters is 1. The number of aryl methyl sites for hydroxylation is 1. The van der Waals surface area contributed by atoms with Crippen LogP contribution >= 0.6 is 0 Å². The van der Waals surface area contributed by atoms with Gasteiger partial charge in [0.1, 0.15) is 0 Å². The van der Waals surface area contributed by atoms with E-state index in [1.54, 1.807) is 38.5 Å². The number of hydrogen-bond donors (Lipinski definition) is 1. The van der Waals surface area contributed by atoms with Crippen LogP contribution in [0.15, 0.2) is 78.9 Å². The van der Waals surface area contributed by atoms with E-state index in [0.717, 1.165) is 18.4 Å². The summed E-state index contributed by atoms with van der Waals surface area (Å²) in [7, 11) is 3.13. The highest BCUT2D eigenvalue weighted by molar-refractivity contribution is 6.05. The molecule has 0 aliphatic heterocycles. The zero-order valence-corrected chi connectivity index (χ0v) is 20.3. The fourth-order valence-corrected chi connectivity index (χ4v) is 3.91. The monoisotopic (exact) mass is 484 g/mol. The molecule has 36 heavy (non-hydrogen) atoms. The number of fused-ring (bicyclic) bond motifs is 1. The predicted octanol–water partition coefficient (Wildman–Crippen LogP) is 4.82. The van der Waals surface area contributed by atoms with Crippen molar-refractivity contribution in [2.75, 3.05) is 27.4 Å². The molecule has 0 atom stereocenters. The van der Waals surface area contributed by atoms with Crippen molar-refractivity contribution < 1.29 is 23.8 Å². The van der Waals surface area contributed by atoms with Gasteiger partial charge in [0.25, 0.3) is 5.91 Å². The lowest BCUT2D eigenvalue weighted by atomic mass is 10.0. The van der Waals surface area contributed by atoms with Gasteiger partial charge >= 0.3 is 5.97 Å².